The molecule has 5 heteroatoms. The minimum atomic E-state index is -0.427. The van der Waals surface area contributed by atoms with Gasteiger partial charge in [0.15, 0.2) is 6.10 Å². The highest BCUT2D eigenvalue weighted by molar-refractivity contribution is 5.85. The Kier molecular flexibility index (Phi) is 6.99. The molecule has 1 N–H and O–H groups in total. The molecule has 1 amide bonds. The van der Waals surface area contributed by atoms with Crippen LogP contribution in [0.1, 0.15) is 25.3 Å². The van der Waals surface area contributed by atoms with Gasteiger partial charge in [-0.25, -0.2) is 0 Å². The molecule has 0 aromatic heterocycles. The second-order valence-electron chi connectivity index (χ2n) is 5.46. The average molecular weight is 313 g/mol. The maximum atomic E-state index is 12.3. The third-order valence-corrected chi connectivity index (χ3v) is 3.90. The van der Waals surface area contributed by atoms with Crippen LogP contribution >= 0.6 is 12.4 Å². The molecule has 0 spiro atoms. The smallest absolute Gasteiger partial charge is 0.263 e. The van der Waals surface area contributed by atoms with Crippen LogP contribution in [0.4, 0.5) is 0 Å². The van der Waals surface area contributed by atoms with Crippen molar-refractivity contribution in [1.29, 1.82) is 0 Å². The standard InChI is InChI=1S/C16H24N2O2.ClH/c1-12-4-6-15(7-5-12)20-13(2)16(19)18-10-8-14(17-3)9-11-18;/h4-7,13-14,17H,8-11H2,1-3H3;1H. The van der Waals surface area contributed by atoms with Crippen LogP contribution in [-0.2, 0) is 4.79 Å². The predicted molar refractivity (Wildman–Crippen MR) is 87.2 cm³/mol. The molecule has 1 saturated heterocycles. The fourth-order valence-corrected chi connectivity index (χ4v) is 2.52. The molecule has 2 rings (SSSR count). The first-order chi connectivity index (χ1) is 9.60. The van der Waals surface area contributed by atoms with Crippen LogP contribution < -0.4 is 10.1 Å². The van der Waals surface area contributed by atoms with Crippen LogP contribution in [0.5, 0.6) is 5.75 Å². The Balaban J connectivity index is 0.00000220. The largest absolute Gasteiger partial charge is 0.481 e. The van der Waals surface area contributed by atoms with E-state index in [0.717, 1.165) is 31.7 Å². The number of likely N-dealkylation sites (tertiary alicyclic amines) is 1. The van der Waals surface area contributed by atoms with Crippen molar-refractivity contribution in [2.75, 3.05) is 20.1 Å². The lowest BCUT2D eigenvalue weighted by molar-refractivity contribution is -0.139. The van der Waals surface area contributed by atoms with Gasteiger partial charge in [0.1, 0.15) is 5.75 Å². The number of piperidine rings is 1. The van der Waals surface area contributed by atoms with Gasteiger partial charge in [-0.2, -0.15) is 0 Å². The van der Waals surface area contributed by atoms with Crippen molar-refractivity contribution >= 4 is 18.3 Å². The van der Waals surface area contributed by atoms with Gasteiger partial charge in [0.2, 0.25) is 0 Å². The van der Waals surface area contributed by atoms with Crippen molar-refractivity contribution in [2.45, 2.75) is 38.8 Å². The number of rotatable bonds is 4. The molecule has 4 nitrogen and oxygen atoms in total. The van der Waals surface area contributed by atoms with Crippen LogP contribution in [0.25, 0.3) is 0 Å². The average Bonchev–Trinajstić information content (AvgIpc) is 2.49. The highest BCUT2D eigenvalue weighted by atomic mass is 35.5. The van der Waals surface area contributed by atoms with E-state index in [0.29, 0.717) is 6.04 Å². The normalized spacial score (nSPS) is 17.0. The molecule has 1 aromatic rings. The molecular formula is C16H25ClN2O2. The van der Waals surface area contributed by atoms with Crippen LogP contribution in [0.15, 0.2) is 24.3 Å². The molecule has 1 aliphatic rings. The van der Waals surface area contributed by atoms with Crippen LogP contribution in [0.3, 0.4) is 0 Å². The summed E-state index contributed by atoms with van der Waals surface area (Å²) in [5.74, 6) is 0.835. The van der Waals surface area contributed by atoms with E-state index in [2.05, 4.69) is 5.32 Å². The molecule has 1 heterocycles. The van der Waals surface area contributed by atoms with Gasteiger partial charge in [-0.05, 0) is 45.9 Å². The summed E-state index contributed by atoms with van der Waals surface area (Å²) in [6, 6.07) is 8.33. The number of hydrogen-bond donors (Lipinski definition) is 1. The topological polar surface area (TPSA) is 41.6 Å². The summed E-state index contributed by atoms with van der Waals surface area (Å²) in [4.78, 5) is 14.3. The number of nitrogens with zero attached hydrogens (tertiary/aromatic N) is 1. The van der Waals surface area contributed by atoms with Gasteiger partial charge in [0.25, 0.3) is 5.91 Å². The Hall–Kier alpha value is -1.26. The third-order valence-electron chi connectivity index (χ3n) is 3.90. The maximum absolute atomic E-state index is 12.3. The highest BCUT2D eigenvalue weighted by Crippen LogP contribution is 2.16. The minimum absolute atomic E-state index is 0. The zero-order chi connectivity index (χ0) is 14.5. The van der Waals surface area contributed by atoms with E-state index in [9.17, 15) is 4.79 Å². The number of carbonyl (C=O) groups excluding carboxylic acids is 1. The zero-order valence-corrected chi connectivity index (χ0v) is 13.8. The molecule has 1 atom stereocenters. The van der Waals surface area contributed by atoms with Crippen LogP contribution in [0, 0.1) is 6.92 Å². The van der Waals surface area contributed by atoms with Crippen LogP contribution in [0.2, 0.25) is 0 Å². The second kappa shape index (κ2) is 8.25. The summed E-state index contributed by atoms with van der Waals surface area (Å²) in [6.07, 6.45) is 1.60. The fraction of sp³-hybridized carbons (Fsp3) is 0.562. The quantitative estimate of drug-likeness (QED) is 0.928. The van der Waals surface area contributed by atoms with Gasteiger partial charge >= 0.3 is 0 Å². The Labute approximate surface area is 133 Å². The summed E-state index contributed by atoms with van der Waals surface area (Å²) >= 11 is 0. The number of halogens is 1. The first kappa shape index (κ1) is 17.8. The number of aryl methyl sites for hydroxylation is 1. The number of carbonyl (C=O) groups is 1. The summed E-state index contributed by atoms with van der Waals surface area (Å²) in [7, 11) is 1.98. The summed E-state index contributed by atoms with van der Waals surface area (Å²) in [5.41, 5.74) is 1.19. The number of benzene rings is 1. The zero-order valence-electron chi connectivity index (χ0n) is 13.0. The lowest BCUT2D eigenvalue weighted by Gasteiger charge is -2.33. The molecule has 1 aromatic carbocycles. The van der Waals surface area contributed by atoms with Crippen molar-refractivity contribution in [1.82, 2.24) is 10.2 Å². The monoisotopic (exact) mass is 312 g/mol. The fourth-order valence-electron chi connectivity index (χ4n) is 2.52. The SMILES string of the molecule is CNC1CCN(C(=O)C(C)Oc2ccc(C)cc2)CC1.Cl. The number of hydrogen-bond acceptors (Lipinski definition) is 3. The molecule has 1 fully saturated rings. The molecule has 21 heavy (non-hydrogen) atoms. The molecule has 0 saturated carbocycles. The first-order valence-electron chi connectivity index (χ1n) is 7.29. The summed E-state index contributed by atoms with van der Waals surface area (Å²) in [6.45, 7) is 5.48. The van der Waals surface area contributed by atoms with E-state index in [1.54, 1.807) is 0 Å². The van der Waals surface area contributed by atoms with Crippen molar-refractivity contribution in [3.05, 3.63) is 29.8 Å². The minimum Gasteiger partial charge on any atom is -0.481 e. The van der Waals surface area contributed by atoms with E-state index in [1.807, 2.05) is 50.1 Å². The van der Waals surface area contributed by atoms with E-state index in [1.165, 1.54) is 5.56 Å². The maximum Gasteiger partial charge on any atom is 0.263 e. The highest BCUT2D eigenvalue weighted by Gasteiger charge is 2.26. The number of ether oxygens (including phenoxy) is 1. The van der Waals surface area contributed by atoms with E-state index >= 15 is 0 Å². The lowest BCUT2D eigenvalue weighted by atomic mass is 10.0. The van der Waals surface area contributed by atoms with Gasteiger partial charge < -0.3 is 15.0 Å². The van der Waals surface area contributed by atoms with Crippen LogP contribution in [-0.4, -0.2) is 43.1 Å². The Morgan fingerprint density at radius 2 is 1.86 bits per heavy atom. The van der Waals surface area contributed by atoms with E-state index < -0.39 is 6.10 Å². The van der Waals surface area contributed by atoms with Gasteiger partial charge in [-0.1, -0.05) is 17.7 Å². The molecule has 1 unspecified atom stereocenters. The molecule has 118 valence electrons. The molecule has 0 bridgehead atoms. The van der Waals surface area contributed by atoms with Gasteiger partial charge in [0.05, 0.1) is 0 Å². The van der Waals surface area contributed by atoms with Crippen molar-refractivity contribution in [3.8, 4) is 5.75 Å². The van der Waals surface area contributed by atoms with Gasteiger partial charge in [-0.3, -0.25) is 4.79 Å². The van der Waals surface area contributed by atoms with E-state index in [-0.39, 0.29) is 18.3 Å². The van der Waals surface area contributed by atoms with Gasteiger partial charge in [-0.15, -0.1) is 12.4 Å². The predicted octanol–water partition coefficient (Wildman–Crippen LogP) is 2.39. The Bertz CT molecular complexity index is 442. The first-order valence-corrected chi connectivity index (χ1v) is 7.29. The Morgan fingerprint density at radius 3 is 2.38 bits per heavy atom. The third kappa shape index (κ3) is 4.90. The molecule has 1 aliphatic heterocycles. The molecule has 0 aliphatic carbocycles. The van der Waals surface area contributed by atoms with Crippen molar-refractivity contribution in [3.63, 3.8) is 0 Å². The number of amides is 1. The number of nitrogens with one attached hydrogen (secondary N) is 1. The van der Waals surface area contributed by atoms with Gasteiger partial charge in [0, 0.05) is 19.1 Å². The van der Waals surface area contributed by atoms with Crippen molar-refractivity contribution in [2.24, 2.45) is 0 Å². The van der Waals surface area contributed by atoms with E-state index in [4.69, 9.17) is 4.74 Å². The summed E-state index contributed by atoms with van der Waals surface area (Å²) in [5, 5.41) is 3.27. The molecule has 0 radical (unpaired) electrons. The summed E-state index contributed by atoms with van der Waals surface area (Å²) < 4.78 is 5.73. The lowest BCUT2D eigenvalue weighted by Crippen LogP contribution is -2.48. The second-order valence-corrected chi connectivity index (χ2v) is 5.46. The Morgan fingerprint density at radius 1 is 1.29 bits per heavy atom. The van der Waals surface area contributed by atoms with Crippen molar-refractivity contribution < 1.29 is 9.53 Å². The molecular weight excluding hydrogens is 288 g/mol.